The third kappa shape index (κ3) is 4.84. The number of benzene rings is 1. The molecule has 2 amide bonds. The van der Waals surface area contributed by atoms with Crippen molar-refractivity contribution in [1.29, 1.82) is 0 Å². The van der Waals surface area contributed by atoms with E-state index in [1.807, 2.05) is 0 Å². The van der Waals surface area contributed by atoms with Crippen LogP contribution in [-0.4, -0.2) is 36.8 Å². The molecule has 0 radical (unpaired) electrons. The van der Waals surface area contributed by atoms with Crippen LogP contribution in [0.5, 0.6) is 0 Å². The molecule has 0 spiro atoms. The predicted octanol–water partition coefficient (Wildman–Crippen LogP) is -0.206. The number of nitrogens with one attached hydrogen (secondary N) is 3. The molecule has 126 valence electrons. The van der Waals surface area contributed by atoms with Crippen molar-refractivity contribution in [2.75, 3.05) is 4.72 Å². The second kappa shape index (κ2) is 6.51. The van der Waals surface area contributed by atoms with Crippen LogP contribution in [0.15, 0.2) is 24.3 Å². The number of halogens is 3. The smallest absolute Gasteiger partial charge is 0.474 e. The predicted molar refractivity (Wildman–Crippen MR) is 68.3 cm³/mol. The average Bonchev–Trinajstić information content (AvgIpc) is 2.42. The van der Waals surface area contributed by atoms with Crippen LogP contribution in [0.2, 0.25) is 0 Å². The van der Waals surface area contributed by atoms with E-state index in [2.05, 4.69) is 0 Å². The van der Waals surface area contributed by atoms with E-state index in [9.17, 15) is 36.0 Å². The fourth-order valence-corrected chi connectivity index (χ4v) is 1.73. The summed E-state index contributed by atoms with van der Waals surface area (Å²) in [4.78, 5) is 32.5. The van der Waals surface area contributed by atoms with E-state index in [4.69, 9.17) is 5.11 Å². The van der Waals surface area contributed by atoms with E-state index in [1.54, 1.807) is 5.43 Å². The summed E-state index contributed by atoms with van der Waals surface area (Å²) in [5.41, 5.74) is -3.23. The lowest BCUT2D eigenvalue weighted by Crippen LogP contribution is -2.44. The molecule has 0 fully saturated rings. The highest BCUT2D eigenvalue weighted by Crippen LogP contribution is 2.25. The Morgan fingerprint density at radius 3 is 2.22 bits per heavy atom. The fourth-order valence-electron chi connectivity index (χ4n) is 1.18. The van der Waals surface area contributed by atoms with Gasteiger partial charge in [-0.1, -0.05) is 6.07 Å². The maximum atomic E-state index is 12.2. The molecule has 9 nitrogen and oxygen atoms in total. The van der Waals surface area contributed by atoms with Gasteiger partial charge in [-0.15, -0.1) is 0 Å². The molecule has 0 heterocycles. The van der Waals surface area contributed by atoms with Crippen LogP contribution in [-0.2, 0) is 19.6 Å². The minimum Gasteiger partial charge on any atom is -0.474 e. The SMILES string of the molecule is O=C(O)C(=O)NNC(=O)c1cccc(NS(=O)(=O)C(F)(F)F)c1. The summed E-state index contributed by atoms with van der Waals surface area (Å²) >= 11 is 0. The Balaban J connectivity index is 2.87. The molecule has 0 aliphatic carbocycles. The monoisotopic (exact) mass is 355 g/mol. The zero-order chi connectivity index (χ0) is 17.8. The Hall–Kier alpha value is -2.83. The highest BCUT2D eigenvalue weighted by atomic mass is 32.2. The first-order valence-electron chi connectivity index (χ1n) is 5.47. The van der Waals surface area contributed by atoms with Gasteiger partial charge in [0.05, 0.1) is 0 Å². The van der Waals surface area contributed by atoms with Crippen LogP contribution >= 0.6 is 0 Å². The van der Waals surface area contributed by atoms with Crippen molar-refractivity contribution in [2.45, 2.75) is 5.51 Å². The Morgan fingerprint density at radius 2 is 1.70 bits per heavy atom. The molecule has 0 saturated carbocycles. The number of hydrogen-bond donors (Lipinski definition) is 4. The number of carboxylic acid groups (broad SMARTS) is 1. The topological polar surface area (TPSA) is 142 Å². The Bertz CT molecular complexity index is 746. The van der Waals surface area contributed by atoms with E-state index in [1.165, 1.54) is 10.1 Å². The van der Waals surface area contributed by atoms with E-state index >= 15 is 0 Å². The lowest BCUT2D eigenvalue weighted by atomic mass is 10.2. The van der Waals surface area contributed by atoms with Gasteiger partial charge in [0, 0.05) is 11.3 Å². The maximum absolute atomic E-state index is 12.2. The number of amides is 2. The number of carbonyl (C=O) groups excluding carboxylic acids is 2. The molecule has 0 aromatic heterocycles. The Morgan fingerprint density at radius 1 is 1.09 bits per heavy atom. The molecule has 0 bridgehead atoms. The molecular formula is C10H8F3N3O6S. The van der Waals surface area contributed by atoms with Crippen LogP contribution in [0.25, 0.3) is 0 Å². The first kappa shape index (κ1) is 18.2. The van der Waals surface area contributed by atoms with E-state index in [0.717, 1.165) is 24.3 Å². The van der Waals surface area contributed by atoms with Gasteiger partial charge in [0.25, 0.3) is 5.91 Å². The quantitative estimate of drug-likeness (QED) is 0.437. The zero-order valence-electron chi connectivity index (χ0n) is 10.8. The van der Waals surface area contributed by atoms with Crippen molar-refractivity contribution in [3.8, 4) is 0 Å². The second-order valence-electron chi connectivity index (χ2n) is 3.85. The first-order valence-corrected chi connectivity index (χ1v) is 6.95. The molecule has 1 rings (SSSR count). The van der Waals surface area contributed by atoms with Crippen molar-refractivity contribution in [2.24, 2.45) is 0 Å². The summed E-state index contributed by atoms with van der Waals surface area (Å²) in [6.45, 7) is 0. The van der Waals surface area contributed by atoms with Gasteiger partial charge in [-0.25, -0.2) is 4.79 Å². The van der Waals surface area contributed by atoms with Gasteiger partial charge in [0.1, 0.15) is 0 Å². The molecule has 0 atom stereocenters. The molecule has 23 heavy (non-hydrogen) atoms. The van der Waals surface area contributed by atoms with Crippen molar-refractivity contribution < 1.29 is 41.1 Å². The Labute approximate surface area is 126 Å². The molecule has 1 aromatic rings. The maximum Gasteiger partial charge on any atom is 0.516 e. The van der Waals surface area contributed by atoms with E-state index < -0.39 is 39.0 Å². The lowest BCUT2D eigenvalue weighted by Gasteiger charge is -2.11. The number of carbonyl (C=O) groups is 3. The van der Waals surface area contributed by atoms with Gasteiger partial charge in [-0.3, -0.25) is 25.2 Å². The Kier molecular flexibility index (Phi) is 5.16. The van der Waals surface area contributed by atoms with Crippen LogP contribution in [0.3, 0.4) is 0 Å². The summed E-state index contributed by atoms with van der Waals surface area (Å²) in [6, 6.07) is 3.87. The van der Waals surface area contributed by atoms with Gasteiger partial charge >= 0.3 is 27.4 Å². The number of sulfonamides is 1. The number of anilines is 1. The lowest BCUT2D eigenvalue weighted by molar-refractivity contribution is -0.150. The second-order valence-corrected chi connectivity index (χ2v) is 5.52. The third-order valence-corrected chi connectivity index (χ3v) is 3.28. The normalized spacial score (nSPS) is 11.4. The van der Waals surface area contributed by atoms with Crippen LogP contribution in [0.1, 0.15) is 10.4 Å². The van der Waals surface area contributed by atoms with E-state index in [0.29, 0.717) is 0 Å². The number of aliphatic carboxylic acids is 1. The third-order valence-electron chi connectivity index (χ3n) is 2.17. The number of alkyl halides is 3. The van der Waals surface area contributed by atoms with Crippen molar-refractivity contribution in [3.05, 3.63) is 29.8 Å². The molecule has 0 unspecified atom stereocenters. The first-order chi connectivity index (χ1) is 10.4. The van der Waals surface area contributed by atoms with Crippen molar-refractivity contribution in [3.63, 3.8) is 0 Å². The van der Waals surface area contributed by atoms with Crippen molar-refractivity contribution in [1.82, 2.24) is 10.9 Å². The number of hydrazine groups is 1. The van der Waals surface area contributed by atoms with Crippen LogP contribution in [0, 0.1) is 0 Å². The minimum atomic E-state index is -5.66. The molecule has 1 aromatic carbocycles. The number of rotatable bonds is 3. The van der Waals surface area contributed by atoms with E-state index in [-0.39, 0.29) is 5.56 Å². The van der Waals surface area contributed by atoms with Gasteiger partial charge in [0.2, 0.25) is 0 Å². The summed E-state index contributed by atoms with van der Waals surface area (Å²) in [7, 11) is -5.66. The van der Waals surface area contributed by atoms with Gasteiger partial charge in [0.15, 0.2) is 0 Å². The highest BCUT2D eigenvalue weighted by molar-refractivity contribution is 7.93. The fraction of sp³-hybridized carbons (Fsp3) is 0.100. The largest absolute Gasteiger partial charge is 0.516 e. The molecule has 13 heteroatoms. The zero-order valence-corrected chi connectivity index (χ0v) is 11.7. The molecular weight excluding hydrogens is 347 g/mol. The van der Waals surface area contributed by atoms with Gasteiger partial charge in [-0.2, -0.15) is 21.6 Å². The molecule has 0 aliphatic heterocycles. The number of hydrogen-bond acceptors (Lipinski definition) is 5. The summed E-state index contributed by atoms with van der Waals surface area (Å²) in [5, 5.41) is 8.27. The van der Waals surface area contributed by atoms with Crippen LogP contribution < -0.4 is 15.6 Å². The highest BCUT2D eigenvalue weighted by Gasteiger charge is 2.46. The molecule has 4 N–H and O–H groups in total. The number of carboxylic acids is 1. The standard InChI is InChI=1S/C10H8F3N3O6S/c11-10(12,13)23(21,22)16-6-3-1-2-5(4-6)7(17)14-15-8(18)9(19)20/h1-4,16H,(H,14,17)(H,15,18)(H,19,20). The minimum absolute atomic E-state index is 0.335. The van der Waals surface area contributed by atoms with Crippen LogP contribution in [0.4, 0.5) is 18.9 Å². The molecule has 0 aliphatic rings. The molecule has 0 saturated heterocycles. The van der Waals surface area contributed by atoms with Crippen molar-refractivity contribution >= 4 is 33.5 Å². The van der Waals surface area contributed by atoms with Gasteiger partial charge < -0.3 is 5.11 Å². The summed E-state index contributed by atoms with van der Waals surface area (Å²) < 4.78 is 59.8. The summed E-state index contributed by atoms with van der Waals surface area (Å²) in [6.07, 6.45) is 0. The average molecular weight is 355 g/mol. The van der Waals surface area contributed by atoms with Gasteiger partial charge in [-0.05, 0) is 18.2 Å². The summed E-state index contributed by atoms with van der Waals surface area (Å²) in [5.74, 6) is -4.50.